The Bertz CT molecular complexity index is 615. The van der Waals surface area contributed by atoms with Gasteiger partial charge >= 0.3 is 5.69 Å². The summed E-state index contributed by atoms with van der Waals surface area (Å²) in [5.41, 5.74) is 2.65. The van der Waals surface area contributed by atoms with Crippen molar-refractivity contribution in [2.75, 3.05) is 25.5 Å². The molecule has 1 atom stereocenters. The second kappa shape index (κ2) is 5.09. The Hall–Kier alpha value is -1.75. The Labute approximate surface area is 112 Å². The van der Waals surface area contributed by atoms with E-state index in [1.807, 2.05) is 18.2 Å². The topological polar surface area (TPSA) is 63.9 Å². The van der Waals surface area contributed by atoms with E-state index in [0.717, 1.165) is 29.7 Å². The van der Waals surface area contributed by atoms with E-state index in [0.29, 0.717) is 6.04 Å². The fourth-order valence-corrected chi connectivity index (χ4v) is 2.74. The fraction of sp³-hybridized carbons (Fsp3) is 0.500. The molecule has 102 valence electrons. The molecule has 5 heteroatoms. The molecule has 1 aliphatic rings. The number of aromatic nitrogens is 2. The zero-order valence-corrected chi connectivity index (χ0v) is 11.2. The van der Waals surface area contributed by atoms with Crippen LogP contribution in [-0.2, 0) is 0 Å². The van der Waals surface area contributed by atoms with E-state index in [1.54, 1.807) is 0 Å². The maximum absolute atomic E-state index is 11.2. The van der Waals surface area contributed by atoms with Crippen LogP contribution < -0.4 is 11.0 Å². The number of hydrogen-bond donors (Lipinski definition) is 3. The van der Waals surface area contributed by atoms with Crippen molar-refractivity contribution in [2.24, 2.45) is 0 Å². The van der Waals surface area contributed by atoms with Crippen molar-refractivity contribution in [1.82, 2.24) is 14.9 Å². The molecule has 0 spiro atoms. The number of H-pyrrole nitrogens is 2. The molecule has 1 aliphatic heterocycles. The van der Waals surface area contributed by atoms with Crippen molar-refractivity contribution in [3.63, 3.8) is 0 Å². The molecular weight excluding hydrogens is 240 g/mol. The predicted molar refractivity (Wildman–Crippen MR) is 77.7 cm³/mol. The van der Waals surface area contributed by atoms with E-state index in [2.05, 4.69) is 27.2 Å². The number of hydrogen-bond acceptors (Lipinski definition) is 3. The monoisotopic (exact) mass is 260 g/mol. The number of likely N-dealkylation sites (tertiary alicyclic amines) is 1. The third kappa shape index (κ3) is 2.81. The van der Waals surface area contributed by atoms with E-state index in [1.165, 1.54) is 19.4 Å². The standard InChI is InChI=1S/C14H20N4O/c1-18-7-2-3-10(6-8-18)15-11-4-5-12-13(9-11)17-14(19)16-12/h4-5,9-10,15H,2-3,6-8H2,1H3,(H2,16,17,19). The Morgan fingerprint density at radius 3 is 2.95 bits per heavy atom. The van der Waals surface area contributed by atoms with E-state index in [4.69, 9.17) is 0 Å². The Balaban J connectivity index is 1.75. The molecule has 5 nitrogen and oxygen atoms in total. The van der Waals surface area contributed by atoms with Crippen LogP contribution in [-0.4, -0.2) is 41.0 Å². The highest BCUT2D eigenvalue weighted by Crippen LogP contribution is 2.19. The number of anilines is 1. The number of nitrogens with zero attached hydrogens (tertiary/aromatic N) is 1. The summed E-state index contributed by atoms with van der Waals surface area (Å²) in [6.07, 6.45) is 3.60. The first-order chi connectivity index (χ1) is 9.20. The normalized spacial score (nSPS) is 21.4. The molecule has 2 heterocycles. The van der Waals surface area contributed by atoms with Gasteiger partial charge in [-0.2, -0.15) is 0 Å². The summed E-state index contributed by atoms with van der Waals surface area (Å²) in [7, 11) is 2.18. The number of benzene rings is 1. The third-order valence-electron chi connectivity index (χ3n) is 3.84. The second-order valence-corrected chi connectivity index (χ2v) is 5.41. The first kappa shape index (κ1) is 12.3. The lowest BCUT2D eigenvalue weighted by molar-refractivity contribution is 0.348. The molecule has 1 aromatic heterocycles. The largest absolute Gasteiger partial charge is 0.382 e. The number of rotatable bonds is 2. The molecule has 3 rings (SSSR count). The average molecular weight is 260 g/mol. The highest BCUT2D eigenvalue weighted by Gasteiger charge is 2.14. The lowest BCUT2D eigenvalue weighted by Gasteiger charge is -2.18. The molecule has 0 amide bonds. The quantitative estimate of drug-likeness (QED) is 0.771. The summed E-state index contributed by atoms with van der Waals surface area (Å²) in [6.45, 7) is 2.32. The van der Waals surface area contributed by atoms with Crippen LogP contribution >= 0.6 is 0 Å². The Morgan fingerprint density at radius 1 is 1.21 bits per heavy atom. The number of fused-ring (bicyclic) bond motifs is 1. The minimum atomic E-state index is -0.150. The summed E-state index contributed by atoms with van der Waals surface area (Å²) in [5, 5.41) is 3.58. The molecule has 19 heavy (non-hydrogen) atoms. The van der Waals surface area contributed by atoms with Crippen LogP contribution in [0.2, 0.25) is 0 Å². The van der Waals surface area contributed by atoms with E-state index in [9.17, 15) is 4.79 Å². The van der Waals surface area contributed by atoms with Gasteiger partial charge in [-0.1, -0.05) is 0 Å². The highest BCUT2D eigenvalue weighted by atomic mass is 16.1. The molecule has 1 unspecified atom stereocenters. The zero-order valence-electron chi connectivity index (χ0n) is 11.2. The van der Waals surface area contributed by atoms with Gasteiger partial charge in [0.25, 0.3) is 0 Å². The van der Waals surface area contributed by atoms with Gasteiger partial charge in [0.1, 0.15) is 0 Å². The van der Waals surface area contributed by atoms with Crippen LogP contribution in [0.15, 0.2) is 23.0 Å². The number of imidazole rings is 1. The maximum atomic E-state index is 11.2. The first-order valence-corrected chi connectivity index (χ1v) is 6.88. The third-order valence-corrected chi connectivity index (χ3v) is 3.84. The summed E-state index contributed by atoms with van der Waals surface area (Å²) >= 11 is 0. The SMILES string of the molecule is CN1CCCC(Nc2ccc3[nH]c(=O)[nH]c3c2)CC1. The summed E-state index contributed by atoms with van der Waals surface area (Å²) in [4.78, 5) is 19.2. The fourth-order valence-electron chi connectivity index (χ4n) is 2.74. The van der Waals surface area contributed by atoms with Gasteiger partial charge in [-0.25, -0.2) is 4.79 Å². The average Bonchev–Trinajstić information content (AvgIpc) is 2.62. The van der Waals surface area contributed by atoms with Gasteiger partial charge in [-0.05, 0) is 57.6 Å². The predicted octanol–water partition coefficient (Wildman–Crippen LogP) is 1.75. The maximum Gasteiger partial charge on any atom is 0.323 e. The van der Waals surface area contributed by atoms with E-state index < -0.39 is 0 Å². The van der Waals surface area contributed by atoms with Crippen molar-refractivity contribution >= 4 is 16.7 Å². The molecule has 1 saturated heterocycles. The minimum absolute atomic E-state index is 0.150. The van der Waals surface area contributed by atoms with Gasteiger partial charge in [-0.3, -0.25) is 0 Å². The molecular formula is C14H20N4O. The lowest BCUT2D eigenvalue weighted by atomic mass is 10.1. The van der Waals surface area contributed by atoms with Gasteiger partial charge in [-0.15, -0.1) is 0 Å². The van der Waals surface area contributed by atoms with Crippen molar-refractivity contribution in [3.8, 4) is 0 Å². The van der Waals surface area contributed by atoms with Gasteiger partial charge in [0, 0.05) is 11.7 Å². The molecule has 0 radical (unpaired) electrons. The number of nitrogens with one attached hydrogen (secondary N) is 3. The Morgan fingerprint density at radius 2 is 2.05 bits per heavy atom. The van der Waals surface area contributed by atoms with Crippen molar-refractivity contribution < 1.29 is 0 Å². The van der Waals surface area contributed by atoms with Crippen molar-refractivity contribution in [1.29, 1.82) is 0 Å². The molecule has 0 aliphatic carbocycles. The van der Waals surface area contributed by atoms with E-state index >= 15 is 0 Å². The van der Waals surface area contributed by atoms with Crippen molar-refractivity contribution in [3.05, 3.63) is 28.7 Å². The summed E-state index contributed by atoms with van der Waals surface area (Å²) in [6, 6.07) is 6.49. The van der Waals surface area contributed by atoms with Crippen LogP contribution in [0, 0.1) is 0 Å². The van der Waals surface area contributed by atoms with Crippen LogP contribution in [0.5, 0.6) is 0 Å². The molecule has 0 saturated carbocycles. The van der Waals surface area contributed by atoms with Crippen LogP contribution in [0.3, 0.4) is 0 Å². The molecule has 1 fully saturated rings. The van der Waals surface area contributed by atoms with E-state index in [-0.39, 0.29) is 5.69 Å². The molecule has 0 bridgehead atoms. The lowest BCUT2D eigenvalue weighted by Crippen LogP contribution is -2.22. The minimum Gasteiger partial charge on any atom is -0.382 e. The van der Waals surface area contributed by atoms with Gasteiger partial charge in [0.05, 0.1) is 11.0 Å². The summed E-state index contributed by atoms with van der Waals surface area (Å²) in [5.74, 6) is 0. The van der Waals surface area contributed by atoms with Crippen LogP contribution in [0.25, 0.3) is 11.0 Å². The molecule has 3 N–H and O–H groups in total. The number of aromatic amines is 2. The summed E-state index contributed by atoms with van der Waals surface area (Å²) < 4.78 is 0. The van der Waals surface area contributed by atoms with Crippen molar-refractivity contribution in [2.45, 2.75) is 25.3 Å². The van der Waals surface area contributed by atoms with Gasteiger partial charge < -0.3 is 20.2 Å². The van der Waals surface area contributed by atoms with Gasteiger partial charge in [0.2, 0.25) is 0 Å². The zero-order chi connectivity index (χ0) is 13.2. The van der Waals surface area contributed by atoms with Crippen LogP contribution in [0.4, 0.5) is 5.69 Å². The second-order valence-electron chi connectivity index (χ2n) is 5.41. The Kier molecular flexibility index (Phi) is 3.29. The smallest absolute Gasteiger partial charge is 0.323 e. The van der Waals surface area contributed by atoms with Gasteiger partial charge in [0.15, 0.2) is 0 Å². The van der Waals surface area contributed by atoms with Crippen LogP contribution in [0.1, 0.15) is 19.3 Å². The first-order valence-electron chi connectivity index (χ1n) is 6.88. The molecule has 1 aromatic carbocycles. The molecule has 2 aromatic rings. The highest BCUT2D eigenvalue weighted by molar-refractivity contribution is 5.78.